The van der Waals surface area contributed by atoms with Gasteiger partial charge in [-0.3, -0.25) is 9.59 Å². The molecular formula is C27H30N2O4. The summed E-state index contributed by atoms with van der Waals surface area (Å²) in [5.74, 6) is -0.408. The number of hydrogen-bond donors (Lipinski definition) is 0. The highest BCUT2D eigenvalue weighted by molar-refractivity contribution is 6.10. The van der Waals surface area contributed by atoms with Crippen LogP contribution < -0.4 is 9.80 Å². The van der Waals surface area contributed by atoms with Crippen LogP contribution in [0.3, 0.4) is 0 Å². The molecule has 0 radical (unpaired) electrons. The van der Waals surface area contributed by atoms with E-state index in [1.54, 1.807) is 12.2 Å². The van der Waals surface area contributed by atoms with Crippen LogP contribution in [-0.2, 0) is 19.1 Å². The maximum absolute atomic E-state index is 12.2. The van der Waals surface area contributed by atoms with E-state index >= 15 is 0 Å². The average molecular weight is 447 g/mol. The molecule has 0 aliphatic carbocycles. The molecule has 0 amide bonds. The van der Waals surface area contributed by atoms with Gasteiger partial charge in [0.1, 0.15) is 0 Å². The summed E-state index contributed by atoms with van der Waals surface area (Å²) >= 11 is 0. The Morgan fingerprint density at radius 2 is 1.00 bits per heavy atom. The van der Waals surface area contributed by atoms with Gasteiger partial charge >= 0.3 is 0 Å². The molecule has 0 saturated carbocycles. The van der Waals surface area contributed by atoms with Crippen molar-refractivity contribution in [2.24, 2.45) is 0 Å². The number of carbonyl (C=O) groups is 2. The molecule has 33 heavy (non-hydrogen) atoms. The van der Waals surface area contributed by atoms with Crippen LogP contribution in [0.5, 0.6) is 0 Å². The van der Waals surface area contributed by atoms with E-state index in [-0.39, 0.29) is 18.0 Å². The molecule has 2 aromatic rings. The fourth-order valence-corrected chi connectivity index (χ4v) is 3.90. The largest absolute Gasteiger partial charge is 0.378 e. The van der Waals surface area contributed by atoms with Crippen molar-refractivity contribution in [3.8, 4) is 0 Å². The molecule has 4 rings (SSSR count). The maximum atomic E-state index is 12.2. The van der Waals surface area contributed by atoms with Gasteiger partial charge in [0.2, 0.25) is 0 Å². The molecule has 0 atom stereocenters. The average Bonchev–Trinajstić information content (AvgIpc) is 2.88. The first-order valence-electron chi connectivity index (χ1n) is 11.4. The molecular weight excluding hydrogens is 416 g/mol. The van der Waals surface area contributed by atoms with Crippen LogP contribution in [-0.4, -0.2) is 64.2 Å². The third-order valence-electron chi connectivity index (χ3n) is 5.81. The molecule has 2 aromatic carbocycles. The molecule has 2 aliphatic rings. The zero-order valence-corrected chi connectivity index (χ0v) is 18.8. The second-order valence-corrected chi connectivity index (χ2v) is 8.16. The zero-order valence-electron chi connectivity index (χ0n) is 18.8. The molecule has 0 bridgehead atoms. The van der Waals surface area contributed by atoms with Crippen molar-refractivity contribution in [3.63, 3.8) is 0 Å². The van der Waals surface area contributed by atoms with Crippen molar-refractivity contribution in [3.05, 3.63) is 71.8 Å². The lowest BCUT2D eigenvalue weighted by molar-refractivity contribution is -0.121. The minimum absolute atomic E-state index is 0.134. The van der Waals surface area contributed by atoms with Crippen LogP contribution >= 0.6 is 0 Å². The molecule has 2 fully saturated rings. The third-order valence-corrected chi connectivity index (χ3v) is 5.81. The van der Waals surface area contributed by atoms with Gasteiger partial charge in [-0.15, -0.1) is 0 Å². The van der Waals surface area contributed by atoms with Crippen molar-refractivity contribution >= 4 is 35.1 Å². The number of ether oxygens (including phenoxy) is 2. The Morgan fingerprint density at radius 1 is 0.636 bits per heavy atom. The van der Waals surface area contributed by atoms with Gasteiger partial charge in [0.05, 0.1) is 32.8 Å². The first kappa shape index (κ1) is 23.0. The molecule has 172 valence electrons. The van der Waals surface area contributed by atoms with Gasteiger partial charge in [-0.2, -0.15) is 0 Å². The zero-order chi connectivity index (χ0) is 22.9. The summed E-state index contributed by atoms with van der Waals surface area (Å²) in [7, 11) is 0. The highest BCUT2D eigenvalue weighted by Gasteiger charge is 2.11. The van der Waals surface area contributed by atoms with Crippen LogP contribution in [0, 0.1) is 0 Å². The number of morpholine rings is 2. The summed E-state index contributed by atoms with van der Waals surface area (Å²) in [6.45, 7) is 6.55. The summed E-state index contributed by atoms with van der Waals surface area (Å²) in [5, 5.41) is 0. The second-order valence-electron chi connectivity index (χ2n) is 8.16. The molecule has 0 aromatic heterocycles. The Morgan fingerprint density at radius 3 is 1.36 bits per heavy atom. The summed E-state index contributed by atoms with van der Waals surface area (Å²) in [5.41, 5.74) is 4.17. The van der Waals surface area contributed by atoms with Gasteiger partial charge in [0.25, 0.3) is 0 Å². The molecule has 0 unspecified atom stereocenters. The quantitative estimate of drug-likeness (QED) is 0.456. The van der Waals surface area contributed by atoms with E-state index in [0.29, 0.717) is 0 Å². The Kier molecular flexibility index (Phi) is 8.06. The number of nitrogens with zero attached hydrogens (tertiary/aromatic N) is 2. The van der Waals surface area contributed by atoms with Crippen LogP contribution in [0.25, 0.3) is 12.2 Å². The molecule has 6 heteroatoms. The Hall–Kier alpha value is -3.22. The molecule has 6 nitrogen and oxygen atoms in total. The van der Waals surface area contributed by atoms with E-state index in [0.717, 1.165) is 75.1 Å². The minimum atomic E-state index is -0.204. The fourth-order valence-electron chi connectivity index (χ4n) is 3.90. The number of ketones is 2. The number of carbonyl (C=O) groups excluding carboxylic acids is 2. The Bertz CT molecular complexity index is 902. The summed E-state index contributed by atoms with van der Waals surface area (Å²) < 4.78 is 10.8. The van der Waals surface area contributed by atoms with Gasteiger partial charge in [-0.25, -0.2) is 0 Å². The SMILES string of the molecule is O=C(/C=C/c1ccc(N2CCOCC2)cc1)CC(=O)/C=C/c1ccc(N2CCOCC2)cc1. The van der Waals surface area contributed by atoms with Gasteiger partial charge < -0.3 is 19.3 Å². The number of rotatable bonds is 8. The molecule has 2 aliphatic heterocycles. The highest BCUT2D eigenvalue weighted by atomic mass is 16.5. The molecule has 2 heterocycles. The van der Waals surface area contributed by atoms with E-state index in [1.807, 2.05) is 48.5 Å². The second kappa shape index (κ2) is 11.6. The van der Waals surface area contributed by atoms with Crippen molar-refractivity contribution in [1.29, 1.82) is 0 Å². The highest BCUT2D eigenvalue weighted by Crippen LogP contribution is 2.18. The predicted octanol–water partition coefficient (Wildman–Crippen LogP) is 3.61. The Labute approximate surface area is 195 Å². The van der Waals surface area contributed by atoms with Crippen LogP contribution in [0.4, 0.5) is 11.4 Å². The van der Waals surface area contributed by atoms with E-state index < -0.39 is 0 Å². The first-order chi connectivity index (χ1) is 16.2. The number of benzene rings is 2. The first-order valence-corrected chi connectivity index (χ1v) is 11.4. The van der Waals surface area contributed by atoms with E-state index in [4.69, 9.17) is 9.47 Å². The summed E-state index contributed by atoms with van der Waals surface area (Å²) in [6, 6.07) is 16.1. The summed E-state index contributed by atoms with van der Waals surface area (Å²) in [6.07, 6.45) is 6.34. The lowest BCUT2D eigenvalue weighted by atomic mass is 10.1. The van der Waals surface area contributed by atoms with Gasteiger partial charge in [-0.05, 0) is 47.5 Å². The minimum Gasteiger partial charge on any atom is -0.378 e. The van der Waals surface area contributed by atoms with E-state index in [2.05, 4.69) is 9.80 Å². The third kappa shape index (κ3) is 6.88. The predicted molar refractivity (Wildman–Crippen MR) is 132 cm³/mol. The normalized spacial score (nSPS) is 17.1. The van der Waals surface area contributed by atoms with Crippen LogP contribution in [0.2, 0.25) is 0 Å². The maximum Gasteiger partial charge on any atom is 0.163 e. The number of hydrogen-bond acceptors (Lipinski definition) is 6. The lowest BCUT2D eigenvalue weighted by Gasteiger charge is -2.28. The van der Waals surface area contributed by atoms with Crippen molar-refractivity contribution in [2.45, 2.75) is 6.42 Å². The smallest absolute Gasteiger partial charge is 0.163 e. The number of allylic oxidation sites excluding steroid dienone is 2. The molecule has 0 N–H and O–H groups in total. The van der Waals surface area contributed by atoms with Crippen LogP contribution in [0.15, 0.2) is 60.7 Å². The topological polar surface area (TPSA) is 59.1 Å². The summed E-state index contributed by atoms with van der Waals surface area (Å²) in [4.78, 5) is 28.9. The number of anilines is 2. The van der Waals surface area contributed by atoms with E-state index in [9.17, 15) is 9.59 Å². The monoisotopic (exact) mass is 446 g/mol. The van der Waals surface area contributed by atoms with Crippen molar-refractivity contribution in [1.82, 2.24) is 0 Å². The van der Waals surface area contributed by atoms with Crippen molar-refractivity contribution < 1.29 is 19.1 Å². The molecule has 0 spiro atoms. The van der Waals surface area contributed by atoms with E-state index in [1.165, 1.54) is 12.2 Å². The van der Waals surface area contributed by atoms with Crippen LogP contribution in [0.1, 0.15) is 17.5 Å². The molecule has 2 saturated heterocycles. The Balaban J connectivity index is 1.24. The lowest BCUT2D eigenvalue weighted by Crippen LogP contribution is -2.36. The van der Waals surface area contributed by atoms with Gasteiger partial charge in [0, 0.05) is 37.6 Å². The van der Waals surface area contributed by atoms with Gasteiger partial charge in [-0.1, -0.05) is 36.4 Å². The fraction of sp³-hybridized carbons (Fsp3) is 0.333. The van der Waals surface area contributed by atoms with Crippen molar-refractivity contribution in [2.75, 3.05) is 62.4 Å². The van der Waals surface area contributed by atoms with Gasteiger partial charge in [0.15, 0.2) is 11.6 Å². The standard InChI is InChI=1S/C27H30N2O4/c30-26(11-5-22-1-7-24(8-2-22)28-13-17-32-18-14-28)21-27(31)12-6-23-3-9-25(10-4-23)29-15-19-33-20-16-29/h1-12H,13-21H2/b11-5+,12-6+.